The first kappa shape index (κ1) is 21.9. The van der Waals surface area contributed by atoms with Crippen molar-refractivity contribution in [3.63, 3.8) is 0 Å². The van der Waals surface area contributed by atoms with Gasteiger partial charge in [0, 0.05) is 40.5 Å². The summed E-state index contributed by atoms with van der Waals surface area (Å²) in [5.41, 5.74) is 4.18. The Hall–Kier alpha value is -2.91. The minimum atomic E-state index is -0.306. The Morgan fingerprint density at radius 2 is 1.82 bits per heavy atom. The third kappa shape index (κ3) is 3.79. The van der Waals surface area contributed by atoms with Crippen LogP contribution in [-0.4, -0.2) is 18.8 Å². The summed E-state index contributed by atoms with van der Waals surface area (Å²) in [6.45, 7) is 0. The maximum Gasteiger partial charge on any atom is 0.232 e. The second-order valence-corrected chi connectivity index (χ2v) is 10.2. The molecule has 2 heterocycles. The van der Waals surface area contributed by atoms with Gasteiger partial charge in [-0.1, -0.05) is 31.0 Å². The Bertz CT molecular complexity index is 1190. The molecule has 0 bridgehead atoms. The van der Waals surface area contributed by atoms with Crippen LogP contribution in [0.1, 0.15) is 78.9 Å². The highest BCUT2D eigenvalue weighted by molar-refractivity contribution is 7.16. The molecule has 2 aliphatic carbocycles. The second kappa shape index (κ2) is 9.15. The van der Waals surface area contributed by atoms with Gasteiger partial charge >= 0.3 is 0 Å². The van der Waals surface area contributed by atoms with E-state index in [9.17, 15) is 14.9 Å². The van der Waals surface area contributed by atoms with E-state index in [-0.39, 0.29) is 24.0 Å². The number of nitrogens with zero attached hydrogens (tertiary/aromatic N) is 2. The normalized spacial score (nSPS) is 21.1. The Morgan fingerprint density at radius 1 is 1.03 bits per heavy atom. The number of ether oxygens (including phenoxy) is 1. The number of anilines is 1. The summed E-state index contributed by atoms with van der Waals surface area (Å²) in [5.74, 6) is 0.466. The van der Waals surface area contributed by atoms with Crippen LogP contribution < -0.4 is 9.64 Å². The largest absolute Gasteiger partial charge is 0.496 e. The number of rotatable bonds is 3. The highest BCUT2D eigenvalue weighted by Crippen LogP contribution is 2.48. The number of fused-ring (bicyclic) bond motifs is 1. The quantitative estimate of drug-likeness (QED) is 0.579. The van der Waals surface area contributed by atoms with Crippen LogP contribution in [0.5, 0.6) is 5.75 Å². The lowest BCUT2D eigenvalue weighted by atomic mass is 9.77. The number of Topliss-reactive ketones (excluding diaryl/α,β-unsaturated/α-hetero) is 1. The standard InChI is InChI=1S/C27H28N2O3S/c1-32-23-13-7-6-9-17(23)19-15-25(31)29(21-11-8-12-22(30)26(19)21)27-20(16-28)18-10-4-2-3-5-14-24(18)33-27/h6-7,9,13,19H,2-5,8,10-12,14-15H2,1H3/t19-/m0/s1. The fraction of sp³-hybridized carbons (Fsp3) is 0.444. The molecule has 1 aromatic carbocycles. The fourth-order valence-electron chi connectivity index (χ4n) is 5.63. The van der Waals surface area contributed by atoms with E-state index in [1.54, 1.807) is 23.3 Å². The molecule has 0 saturated heterocycles. The van der Waals surface area contributed by atoms with Crippen LogP contribution in [0.3, 0.4) is 0 Å². The van der Waals surface area contributed by atoms with Crippen molar-refractivity contribution in [3.8, 4) is 11.8 Å². The number of amides is 1. The van der Waals surface area contributed by atoms with E-state index in [0.717, 1.165) is 59.5 Å². The average molecular weight is 461 g/mol. The molecule has 6 heteroatoms. The van der Waals surface area contributed by atoms with Gasteiger partial charge in [-0.2, -0.15) is 5.26 Å². The molecule has 170 valence electrons. The van der Waals surface area contributed by atoms with E-state index >= 15 is 0 Å². The number of nitriles is 1. The summed E-state index contributed by atoms with van der Waals surface area (Å²) in [6, 6.07) is 10.1. The first-order valence-electron chi connectivity index (χ1n) is 11.9. The molecule has 0 unspecified atom stereocenters. The Balaban J connectivity index is 1.67. The monoisotopic (exact) mass is 460 g/mol. The number of methoxy groups -OCH3 is 1. The molecule has 5 nitrogen and oxygen atoms in total. The number of aryl methyl sites for hydroxylation is 1. The van der Waals surface area contributed by atoms with Crippen molar-refractivity contribution in [3.05, 3.63) is 57.1 Å². The number of allylic oxidation sites excluding steroid dienone is 2. The summed E-state index contributed by atoms with van der Waals surface area (Å²) < 4.78 is 5.58. The number of carbonyl (C=O) groups excluding carboxylic acids is 2. The topological polar surface area (TPSA) is 70.4 Å². The van der Waals surface area contributed by atoms with Crippen molar-refractivity contribution in [2.75, 3.05) is 12.0 Å². The zero-order valence-corrected chi connectivity index (χ0v) is 19.8. The lowest BCUT2D eigenvalue weighted by molar-refractivity contribution is -0.119. The van der Waals surface area contributed by atoms with E-state index in [4.69, 9.17) is 4.74 Å². The summed E-state index contributed by atoms with van der Waals surface area (Å²) in [4.78, 5) is 29.9. The van der Waals surface area contributed by atoms with Crippen LogP contribution in [-0.2, 0) is 22.4 Å². The number of para-hydroxylation sites is 1. The summed E-state index contributed by atoms with van der Waals surface area (Å²) in [7, 11) is 1.62. The maximum absolute atomic E-state index is 13.7. The van der Waals surface area contributed by atoms with Crippen LogP contribution in [0.25, 0.3) is 0 Å². The third-order valence-electron chi connectivity index (χ3n) is 7.16. The summed E-state index contributed by atoms with van der Waals surface area (Å²) >= 11 is 1.59. The van der Waals surface area contributed by atoms with Crippen LogP contribution in [0.4, 0.5) is 5.00 Å². The Morgan fingerprint density at radius 3 is 2.61 bits per heavy atom. The number of hydrogen-bond acceptors (Lipinski definition) is 5. The van der Waals surface area contributed by atoms with Gasteiger partial charge < -0.3 is 4.74 Å². The molecule has 5 rings (SSSR count). The van der Waals surface area contributed by atoms with Crippen molar-refractivity contribution in [1.29, 1.82) is 5.26 Å². The van der Waals surface area contributed by atoms with Gasteiger partial charge in [-0.3, -0.25) is 14.5 Å². The molecular formula is C27H28N2O3S. The van der Waals surface area contributed by atoms with Gasteiger partial charge in [0.15, 0.2) is 5.78 Å². The molecular weight excluding hydrogens is 432 g/mol. The minimum absolute atomic E-state index is 0.0370. The van der Waals surface area contributed by atoms with E-state index in [1.807, 2.05) is 24.3 Å². The first-order chi connectivity index (χ1) is 16.1. The molecule has 1 aliphatic heterocycles. The molecule has 1 atom stereocenters. The lowest BCUT2D eigenvalue weighted by Gasteiger charge is -2.38. The van der Waals surface area contributed by atoms with Crippen LogP contribution in [0.15, 0.2) is 35.5 Å². The SMILES string of the molecule is COc1ccccc1[C@@H]1CC(=O)N(c2sc3c(c2C#N)CCCCCC3)C2=C1C(=O)CCC2. The van der Waals surface area contributed by atoms with E-state index in [0.29, 0.717) is 24.2 Å². The Labute approximate surface area is 198 Å². The number of ketones is 1. The predicted molar refractivity (Wildman–Crippen MR) is 129 cm³/mol. The van der Waals surface area contributed by atoms with Gasteiger partial charge in [0.25, 0.3) is 0 Å². The molecule has 0 radical (unpaired) electrons. The van der Waals surface area contributed by atoms with Crippen molar-refractivity contribution >= 4 is 28.0 Å². The van der Waals surface area contributed by atoms with E-state index in [1.165, 1.54) is 17.7 Å². The number of benzene rings is 1. The number of thiophene rings is 1. The molecule has 33 heavy (non-hydrogen) atoms. The molecule has 3 aliphatic rings. The molecule has 2 aromatic rings. The molecule has 0 N–H and O–H groups in total. The minimum Gasteiger partial charge on any atom is -0.496 e. The average Bonchev–Trinajstić information content (AvgIpc) is 3.14. The zero-order chi connectivity index (χ0) is 22.9. The number of hydrogen-bond donors (Lipinski definition) is 0. The van der Waals surface area contributed by atoms with Crippen LogP contribution in [0, 0.1) is 11.3 Å². The summed E-state index contributed by atoms with van der Waals surface area (Å²) in [6.07, 6.45) is 8.55. The van der Waals surface area contributed by atoms with Crippen molar-refractivity contribution in [2.24, 2.45) is 0 Å². The highest BCUT2D eigenvalue weighted by atomic mass is 32.1. The van der Waals surface area contributed by atoms with Gasteiger partial charge in [-0.25, -0.2) is 0 Å². The number of carbonyl (C=O) groups is 2. The lowest BCUT2D eigenvalue weighted by Crippen LogP contribution is -2.40. The van der Waals surface area contributed by atoms with Crippen molar-refractivity contribution < 1.29 is 14.3 Å². The van der Waals surface area contributed by atoms with Crippen LogP contribution in [0.2, 0.25) is 0 Å². The van der Waals surface area contributed by atoms with Crippen molar-refractivity contribution in [2.45, 2.75) is 70.1 Å². The second-order valence-electron chi connectivity index (χ2n) is 9.07. The van der Waals surface area contributed by atoms with Gasteiger partial charge in [0.05, 0.1) is 12.7 Å². The van der Waals surface area contributed by atoms with E-state index < -0.39 is 0 Å². The highest BCUT2D eigenvalue weighted by Gasteiger charge is 2.42. The molecule has 0 saturated carbocycles. The van der Waals surface area contributed by atoms with Gasteiger partial charge in [0.1, 0.15) is 16.8 Å². The van der Waals surface area contributed by atoms with Crippen LogP contribution >= 0.6 is 11.3 Å². The predicted octanol–water partition coefficient (Wildman–Crippen LogP) is 5.81. The van der Waals surface area contributed by atoms with Gasteiger partial charge in [-0.05, 0) is 50.2 Å². The smallest absolute Gasteiger partial charge is 0.232 e. The molecule has 0 fully saturated rings. The third-order valence-corrected chi connectivity index (χ3v) is 8.43. The first-order valence-corrected chi connectivity index (χ1v) is 12.7. The van der Waals surface area contributed by atoms with Gasteiger partial charge in [-0.15, -0.1) is 11.3 Å². The van der Waals surface area contributed by atoms with Gasteiger partial charge in [0.2, 0.25) is 5.91 Å². The van der Waals surface area contributed by atoms with Crippen molar-refractivity contribution in [1.82, 2.24) is 0 Å². The summed E-state index contributed by atoms with van der Waals surface area (Å²) in [5, 5.41) is 10.8. The Kier molecular flexibility index (Phi) is 6.07. The zero-order valence-electron chi connectivity index (χ0n) is 19.0. The molecule has 0 spiro atoms. The van der Waals surface area contributed by atoms with E-state index in [2.05, 4.69) is 6.07 Å². The maximum atomic E-state index is 13.7. The molecule has 1 amide bonds. The fourth-order valence-corrected chi connectivity index (χ4v) is 7.01. The molecule has 1 aromatic heterocycles.